The van der Waals surface area contributed by atoms with Crippen molar-refractivity contribution in [1.29, 1.82) is 0 Å². The Morgan fingerprint density at radius 1 is 1.35 bits per heavy atom. The standard InChI is InChI=1S/C15H21FN2O2/c16-12-4-3-5-13(10-12)18-15(19)11-17-8-9-20-14-6-1-2-7-14/h3-5,10,14,17H,1-2,6-9,11H2,(H,18,19). The number of benzene rings is 1. The molecular weight excluding hydrogens is 259 g/mol. The molecule has 4 nitrogen and oxygen atoms in total. The minimum atomic E-state index is -0.360. The zero-order chi connectivity index (χ0) is 14.2. The van der Waals surface area contributed by atoms with Gasteiger partial charge in [-0.15, -0.1) is 0 Å². The Bertz CT molecular complexity index is 434. The first-order valence-corrected chi connectivity index (χ1v) is 7.12. The summed E-state index contributed by atoms with van der Waals surface area (Å²) in [5.74, 6) is -0.544. The number of carbonyl (C=O) groups is 1. The fourth-order valence-corrected chi connectivity index (χ4v) is 2.33. The third-order valence-electron chi connectivity index (χ3n) is 3.33. The Balaban J connectivity index is 1.55. The van der Waals surface area contributed by atoms with Gasteiger partial charge in [0.15, 0.2) is 0 Å². The van der Waals surface area contributed by atoms with E-state index in [-0.39, 0.29) is 18.3 Å². The summed E-state index contributed by atoms with van der Waals surface area (Å²) in [7, 11) is 0. The van der Waals surface area contributed by atoms with Crippen molar-refractivity contribution in [3.8, 4) is 0 Å². The predicted octanol–water partition coefficient (Wildman–Crippen LogP) is 2.31. The summed E-state index contributed by atoms with van der Waals surface area (Å²) >= 11 is 0. The maximum Gasteiger partial charge on any atom is 0.238 e. The summed E-state index contributed by atoms with van der Waals surface area (Å²) in [6.45, 7) is 1.47. The molecule has 1 fully saturated rings. The van der Waals surface area contributed by atoms with E-state index >= 15 is 0 Å². The fraction of sp³-hybridized carbons (Fsp3) is 0.533. The highest BCUT2D eigenvalue weighted by molar-refractivity contribution is 5.92. The van der Waals surface area contributed by atoms with E-state index in [1.165, 1.54) is 25.0 Å². The summed E-state index contributed by atoms with van der Waals surface area (Å²) < 4.78 is 18.6. The molecule has 1 aromatic rings. The van der Waals surface area contributed by atoms with Gasteiger partial charge in [0, 0.05) is 12.2 Å². The molecule has 20 heavy (non-hydrogen) atoms. The molecule has 1 aliphatic rings. The van der Waals surface area contributed by atoms with E-state index in [0.29, 0.717) is 24.9 Å². The molecule has 1 saturated carbocycles. The first-order valence-electron chi connectivity index (χ1n) is 7.12. The van der Waals surface area contributed by atoms with Crippen molar-refractivity contribution in [3.05, 3.63) is 30.1 Å². The second kappa shape index (κ2) is 7.97. The van der Waals surface area contributed by atoms with Gasteiger partial charge in [0.25, 0.3) is 0 Å². The Morgan fingerprint density at radius 2 is 2.15 bits per heavy atom. The van der Waals surface area contributed by atoms with Gasteiger partial charge < -0.3 is 15.4 Å². The predicted molar refractivity (Wildman–Crippen MR) is 76.1 cm³/mol. The molecule has 2 rings (SSSR count). The van der Waals surface area contributed by atoms with Crippen molar-refractivity contribution < 1.29 is 13.9 Å². The lowest BCUT2D eigenvalue weighted by Gasteiger charge is -2.11. The van der Waals surface area contributed by atoms with Gasteiger partial charge in [-0.3, -0.25) is 4.79 Å². The third kappa shape index (κ3) is 5.27. The summed E-state index contributed by atoms with van der Waals surface area (Å²) in [6.07, 6.45) is 5.22. The van der Waals surface area contributed by atoms with Gasteiger partial charge in [0.1, 0.15) is 5.82 Å². The molecule has 0 atom stereocenters. The molecule has 110 valence electrons. The number of anilines is 1. The summed E-state index contributed by atoms with van der Waals surface area (Å²) in [6, 6.07) is 5.85. The maximum atomic E-state index is 12.9. The maximum absolute atomic E-state index is 12.9. The van der Waals surface area contributed by atoms with Crippen molar-refractivity contribution in [1.82, 2.24) is 5.32 Å². The van der Waals surface area contributed by atoms with E-state index in [2.05, 4.69) is 10.6 Å². The monoisotopic (exact) mass is 280 g/mol. The van der Waals surface area contributed by atoms with E-state index in [0.717, 1.165) is 12.8 Å². The second-order valence-electron chi connectivity index (χ2n) is 5.01. The van der Waals surface area contributed by atoms with Gasteiger partial charge in [0.2, 0.25) is 5.91 Å². The molecule has 0 unspecified atom stereocenters. The number of nitrogens with one attached hydrogen (secondary N) is 2. The van der Waals surface area contributed by atoms with Gasteiger partial charge in [-0.25, -0.2) is 4.39 Å². The lowest BCUT2D eigenvalue weighted by atomic mass is 10.3. The van der Waals surface area contributed by atoms with Crippen LogP contribution in [0.1, 0.15) is 25.7 Å². The number of carbonyl (C=O) groups excluding carboxylic acids is 1. The van der Waals surface area contributed by atoms with Crippen LogP contribution < -0.4 is 10.6 Å². The number of rotatable bonds is 7. The molecule has 5 heteroatoms. The summed E-state index contributed by atoms with van der Waals surface area (Å²) in [4.78, 5) is 11.6. The van der Waals surface area contributed by atoms with E-state index in [9.17, 15) is 9.18 Å². The molecule has 0 spiro atoms. The van der Waals surface area contributed by atoms with Crippen LogP contribution in [-0.2, 0) is 9.53 Å². The quantitative estimate of drug-likeness (QED) is 0.754. The Kier molecular flexibility index (Phi) is 5.95. The van der Waals surface area contributed by atoms with Crippen molar-refractivity contribution in [2.24, 2.45) is 0 Å². The van der Waals surface area contributed by atoms with Crippen molar-refractivity contribution >= 4 is 11.6 Å². The van der Waals surface area contributed by atoms with Crippen LogP contribution in [0.25, 0.3) is 0 Å². The van der Waals surface area contributed by atoms with E-state index in [4.69, 9.17) is 4.74 Å². The van der Waals surface area contributed by atoms with Crippen molar-refractivity contribution in [3.63, 3.8) is 0 Å². The lowest BCUT2D eigenvalue weighted by molar-refractivity contribution is -0.115. The van der Waals surface area contributed by atoms with Crippen LogP contribution in [0.3, 0.4) is 0 Å². The number of ether oxygens (including phenoxy) is 1. The van der Waals surface area contributed by atoms with Crippen LogP contribution in [0.15, 0.2) is 24.3 Å². The Labute approximate surface area is 118 Å². The number of hydrogen-bond donors (Lipinski definition) is 2. The van der Waals surface area contributed by atoms with E-state index in [1.54, 1.807) is 12.1 Å². The number of amides is 1. The Morgan fingerprint density at radius 3 is 2.90 bits per heavy atom. The van der Waals surface area contributed by atoms with Gasteiger partial charge in [0.05, 0.1) is 19.3 Å². The number of halogens is 1. The first-order chi connectivity index (χ1) is 9.74. The first kappa shape index (κ1) is 14.9. The summed E-state index contributed by atoms with van der Waals surface area (Å²) in [5, 5.41) is 5.65. The normalized spacial score (nSPS) is 15.4. The van der Waals surface area contributed by atoms with Crippen molar-refractivity contribution in [2.75, 3.05) is 25.0 Å². The van der Waals surface area contributed by atoms with Crippen LogP contribution in [-0.4, -0.2) is 31.7 Å². The van der Waals surface area contributed by atoms with Crippen LogP contribution in [0.5, 0.6) is 0 Å². The highest BCUT2D eigenvalue weighted by Crippen LogP contribution is 2.20. The van der Waals surface area contributed by atoms with Gasteiger partial charge >= 0.3 is 0 Å². The topological polar surface area (TPSA) is 50.4 Å². The van der Waals surface area contributed by atoms with Gasteiger partial charge in [-0.1, -0.05) is 18.9 Å². The minimum absolute atomic E-state index is 0.184. The van der Waals surface area contributed by atoms with Gasteiger partial charge in [-0.05, 0) is 31.0 Å². The van der Waals surface area contributed by atoms with E-state index in [1.807, 2.05) is 0 Å². The SMILES string of the molecule is O=C(CNCCOC1CCCC1)Nc1cccc(F)c1. The molecule has 0 aliphatic heterocycles. The molecular formula is C15H21FN2O2. The van der Waals surface area contributed by atoms with Crippen molar-refractivity contribution in [2.45, 2.75) is 31.8 Å². The zero-order valence-electron chi connectivity index (χ0n) is 11.5. The molecule has 0 heterocycles. The molecule has 0 radical (unpaired) electrons. The number of hydrogen-bond acceptors (Lipinski definition) is 3. The average Bonchev–Trinajstić information content (AvgIpc) is 2.91. The smallest absolute Gasteiger partial charge is 0.238 e. The van der Waals surface area contributed by atoms with Crippen LogP contribution in [0, 0.1) is 5.82 Å². The van der Waals surface area contributed by atoms with Crippen LogP contribution >= 0.6 is 0 Å². The summed E-state index contributed by atoms with van der Waals surface area (Å²) in [5.41, 5.74) is 0.471. The average molecular weight is 280 g/mol. The largest absolute Gasteiger partial charge is 0.377 e. The molecule has 2 N–H and O–H groups in total. The molecule has 1 aliphatic carbocycles. The fourth-order valence-electron chi connectivity index (χ4n) is 2.33. The minimum Gasteiger partial charge on any atom is -0.377 e. The molecule has 0 aromatic heterocycles. The third-order valence-corrected chi connectivity index (χ3v) is 3.33. The Hall–Kier alpha value is -1.46. The second-order valence-corrected chi connectivity index (χ2v) is 5.01. The molecule has 0 saturated heterocycles. The highest BCUT2D eigenvalue weighted by Gasteiger charge is 2.14. The lowest BCUT2D eigenvalue weighted by Crippen LogP contribution is -2.31. The molecule has 1 aromatic carbocycles. The molecule has 1 amide bonds. The van der Waals surface area contributed by atoms with Crippen LogP contribution in [0.4, 0.5) is 10.1 Å². The van der Waals surface area contributed by atoms with Crippen LogP contribution in [0.2, 0.25) is 0 Å². The molecule has 0 bridgehead atoms. The van der Waals surface area contributed by atoms with Gasteiger partial charge in [-0.2, -0.15) is 0 Å². The van der Waals surface area contributed by atoms with E-state index < -0.39 is 0 Å². The zero-order valence-corrected chi connectivity index (χ0v) is 11.5. The highest BCUT2D eigenvalue weighted by atomic mass is 19.1.